The second kappa shape index (κ2) is 4.95. The van der Waals surface area contributed by atoms with Crippen LogP contribution >= 0.6 is 0 Å². The van der Waals surface area contributed by atoms with Crippen molar-refractivity contribution in [2.45, 2.75) is 77.3 Å². The fraction of sp³-hybridized carbons (Fsp3) is 0.889. The molecule has 0 radical (unpaired) electrons. The maximum absolute atomic E-state index is 12.2. The summed E-state index contributed by atoms with van der Waals surface area (Å²) in [6, 6.07) is 0. The lowest BCUT2D eigenvalue weighted by Crippen LogP contribution is -2.65. The fourth-order valence-corrected chi connectivity index (χ4v) is 6.38. The highest BCUT2D eigenvalue weighted by molar-refractivity contribution is 6.41. The van der Waals surface area contributed by atoms with E-state index >= 15 is 0 Å². The Balaban J connectivity index is 1.70. The van der Waals surface area contributed by atoms with E-state index in [1.165, 1.54) is 33.1 Å². The van der Waals surface area contributed by atoms with Gasteiger partial charge in [0, 0.05) is 5.54 Å². The van der Waals surface area contributed by atoms with E-state index in [9.17, 15) is 14.5 Å². The summed E-state index contributed by atoms with van der Waals surface area (Å²) in [4.78, 5) is 35.0. The molecule has 4 bridgehead atoms. The molecule has 1 N–H and O–H groups in total. The average Bonchev–Trinajstić information content (AvgIpc) is 2.40. The van der Waals surface area contributed by atoms with Gasteiger partial charge < -0.3 is 5.32 Å². The normalized spacial score (nSPS) is 41.8. The van der Waals surface area contributed by atoms with Crippen LogP contribution in [-0.4, -0.2) is 29.2 Å². The highest BCUT2D eigenvalue weighted by Gasteiger charge is 2.60. The number of Topliss-reactive ketones (excluding diaryl/α,β-unsaturated/α-hetero) is 2. The third-order valence-electron chi connectivity index (χ3n) is 6.29. The van der Waals surface area contributed by atoms with E-state index in [1.54, 1.807) is 0 Å². The Bertz CT molecular complexity index is 551. The number of nitroso groups, excluding NO2 is 1. The predicted octanol–water partition coefficient (Wildman–Crippen LogP) is 3.01. The topological polar surface area (TPSA) is 75.6 Å². The summed E-state index contributed by atoms with van der Waals surface area (Å²) in [6.07, 6.45) is 7.14. The molecule has 0 aliphatic heterocycles. The molecule has 0 heterocycles. The van der Waals surface area contributed by atoms with Crippen LogP contribution in [0.15, 0.2) is 5.18 Å². The van der Waals surface area contributed by atoms with Crippen LogP contribution in [0.5, 0.6) is 0 Å². The molecular formula is C18H28N2O3. The minimum absolute atomic E-state index is 0.0163. The number of ketones is 2. The molecule has 5 nitrogen and oxygen atoms in total. The first-order chi connectivity index (χ1) is 10.5. The van der Waals surface area contributed by atoms with Gasteiger partial charge in [-0.2, -0.15) is 0 Å². The van der Waals surface area contributed by atoms with Crippen LogP contribution in [0.4, 0.5) is 0 Å². The zero-order chi connectivity index (χ0) is 17.1. The molecule has 4 aliphatic carbocycles. The summed E-state index contributed by atoms with van der Waals surface area (Å²) < 4.78 is 0. The van der Waals surface area contributed by atoms with Crippen molar-refractivity contribution < 1.29 is 9.59 Å². The molecule has 4 rings (SSSR count). The Morgan fingerprint density at radius 2 is 1.65 bits per heavy atom. The fourth-order valence-electron chi connectivity index (χ4n) is 6.38. The molecule has 128 valence electrons. The van der Waals surface area contributed by atoms with Crippen molar-refractivity contribution in [3.05, 3.63) is 4.91 Å². The predicted molar refractivity (Wildman–Crippen MR) is 88.0 cm³/mol. The molecule has 4 aliphatic rings. The van der Waals surface area contributed by atoms with Crippen molar-refractivity contribution in [2.75, 3.05) is 6.54 Å². The van der Waals surface area contributed by atoms with E-state index in [4.69, 9.17) is 0 Å². The highest BCUT2D eigenvalue weighted by atomic mass is 16.3. The van der Waals surface area contributed by atoms with E-state index in [0.717, 1.165) is 25.2 Å². The SMILES string of the molecule is CC12CC3CC(C)(C1)CC(NCC(=O)C(=O)C(C)(C)N=O)(C3)C2. The van der Waals surface area contributed by atoms with Crippen molar-refractivity contribution in [3.8, 4) is 0 Å². The quantitative estimate of drug-likeness (QED) is 0.603. The Morgan fingerprint density at radius 1 is 1.09 bits per heavy atom. The number of hydrogen-bond donors (Lipinski definition) is 1. The summed E-state index contributed by atoms with van der Waals surface area (Å²) >= 11 is 0. The molecule has 0 saturated heterocycles. The number of carbonyl (C=O) groups is 2. The summed E-state index contributed by atoms with van der Waals surface area (Å²) in [5.41, 5.74) is -0.758. The number of carbonyl (C=O) groups excluding carboxylic acids is 2. The van der Waals surface area contributed by atoms with E-state index in [2.05, 4.69) is 24.3 Å². The van der Waals surface area contributed by atoms with E-state index in [-0.39, 0.29) is 12.1 Å². The molecule has 4 fully saturated rings. The lowest BCUT2D eigenvalue weighted by Gasteiger charge is -2.65. The molecule has 0 aromatic heterocycles. The number of nitrogens with zero attached hydrogens (tertiary/aromatic N) is 1. The molecule has 0 aromatic rings. The standard InChI is InChI=1S/C18H28N2O3/c1-15(2,20-23)14(22)13(21)8-19-18-7-12-5-16(3,10-18)9-17(4,6-12)11-18/h12,19H,5-11H2,1-4H3. The first-order valence-corrected chi connectivity index (χ1v) is 8.68. The lowest BCUT2D eigenvalue weighted by atomic mass is 9.43. The van der Waals surface area contributed by atoms with Gasteiger partial charge in [0.05, 0.1) is 6.54 Å². The maximum Gasteiger partial charge on any atom is 0.230 e. The van der Waals surface area contributed by atoms with E-state index < -0.39 is 17.1 Å². The van der Waals surface area contributed by atoms with Gasteiger partial charge >= 0.3 is 0 Å². The monoisotopic (exact) mass is 320 g/mol. The van der Waals surface area contributed by atoms with Crippen molar-refractivity contribution in [3.63, 3.8) is 0 Å². The van der Waals surface area contributed by atoms with Crippen LogP contribution in [0.1, 0.15) is 66.2 Å². The number of hydrogen-bond acceptors (Lipinski definition) is 5. The second-order valence-electron chi connectivity index (χ2n) is 9.67. The van der Waals surface area contributed by atoms with Gasteiger partial charge in [-0.15, -0.1) is 4.91 Å². The van der Waals surface area contributed by atoms with E-state index in [0.29, 0.717) is 10.8 Å². The number of nitrogens with one attached hydrogen (secondary N) is 1. The minimum Gasteiger partial charge on any atom is -0.304 e. The maximum atomic E-state index is 12.2. The summed E-state index contributed by atoms with van der Waals surface area (Å²) in [7, 11) is 0. The first kappa shape index (κ1) is 16.7. The van der Waals surface area contributed by atoms with Gasteiger partial charge in [-0.3, -0.25) is 9.59 Å². The van der Waals surface area contributed by atoms with Gasteiger partial charge in [0.1, 0.15) is 0 Å². The van der Waals surface area contributed by atoms with Gasteiger partial charge in [-0.1, -0.05) is 19.0 Å². The molecule has 5 heteroatoms. The molecule has 0 aromatic carbocycles. The van der Waals surface area contributed by atoms with Crippen molar-refractivity contribution >= 4 is 11.6 Å². The van der Waals surface area contributed by atoms with Gasteiger partial charge in [0.25, 0.3) is 0 Å². The average molecular weight is 320 g/mol. The Kier molecular flexibility index (Phi) is 3.60. The first-order valence-electron chi connectivity index (χ1n) is 8.68. The van der Waals surface area contributed by atoms with Crippen molar-refractivity contribution in [1.29, 1.82) is 0 Å². The molecule has 4 saturated carbocycles. The Morgan fingerprint density at radius 3 is 2.13 bits per heavy atom. The molecule has 0 amide bonds. The van der Waals surface area contributed by atoms with Gasteiger partial charge in [-0.25, -0.2) is 0 Å². The zero-order valence-electron chi connectivity index (χ0n) is 14.7. The molecule has 23 heavy (non-hydrogen) atoms. The third-order valence-corrected chi connectivity index (χ3v) is 6.29. The molecule has 2 atom stereocenters. The largest absolute Gasteiger partial charge is 0.304 e. The van der Waals surface area contributed by atoms with Crippen LogP contribution in [-0.2, 0) is 9.59 Å². The van der Waals surface area contributed by atoms with Gasteiger partial charge in [0.15, 0.2) is 5.54 Å². The number of rotatable bonds is 6. The Hall–Kier alpha value is -1.10. The third kappa shape index (κ3) is 2.88. The smallest absolute Gasteiger partial charge is 0.230 e. The zero-order valence-corrected chi connectivity index (χ0v) is 14.7. The minimum atomic E-state index is -1.46. The van der Waals surface area contributed by atoms with E-state index in [1.807, 2.05) is 0 Å². The molecule has 0 spiro atoms. The summed E-state index contributed by atoms with van der Waals surface area (Å²) in [5.74, 6) is -0.490. The van der Waals surface area contributed by atoms with Gasteiger partial charge in [0.2, 0.25) is 11.6 Å². The van der Waals surface area contributed by atoms with Crippen molar-refractivity contribution in [1.82, 2.24) is 5.32 Å². The van der Waals surface area contributed by atoms with Crippen LogP contribution in [0, 0.1) is 21.7 Å². The molecular weight excluding hydrogens is 292 g/mol. The van der Waals surface area contributed by atoms with Crippen LogP contribution in [0.3, 0.4) is 0 Å². The Labute approximate surface area is 137 Å². The van der Waals surface area contributed by atoms with Gasteiger partial charge in [-0.05, 0) is 69.1 Å². The highest BCUT2D eigenvalue weighted by Crippen LogP contribution is 2.66. The van der Waals surface area contributed by atoms with Crippen LogP contribution in [0.25, 0.3) is 0 Å². The second-order valence-corrected chi connectivity index (χ2v) is 9.67. The molecule has 2 unspecified atom stereocenters. The summed E-state index contributed by atoms with van der Waals surface area (Å²) in [5, 5.41) is 6.23. The lowest BCUT2D eigenvalue weighted by molar-refractivity contribution is -0.141. The van der Waals surface area contributed by atoms with Crippen LogP contribution in [0.2, 0.25) is 0 Å². The summed E-state index contributed by atoms with van der Waals surface area (Å²) in [6.45, 7) is 7.56. The van der Waals surface area contributed by atoms with Crippen molar-refractivity contribution in [2.24, 2.45) is 21.9 Å². The van der Waals surface area contributed by atoms with Crippen LogP contribution < -0.4 is 5.32 Å².